The molecule has 0 radical (unpaired) electrons. The van der Waals surface area contributed by atoms with Crippen LogP contribution in [0.15, 0.2) is 24.3 Å². The quantitative estimate of drug-likeness (QED) is 0.461. The molecule has 1 atom stereocenters. The van der Waals surface area contributed by atoms with Gasteiger partial charge in [0, 0.05) is 15.3 Å². The van der Waals surface area contributed by atoms with Crippen LogP contribution in [0.3, 0.4) is 0 Å². The molecular formula is C8H8IOP. The van der Waals surface area contributed by atoms with Crippen molar-refractivity contribution in [2.45, 2.75) is 0 Å². The van der Waals surface area contributed by atoms with Crippen molar-refractivity contribution in [3.05, 3.63) is 33.4 Å². The summed E-state index contributed by atoms with van der Waals surface area (Å²) in [6, 6.07) is 7.59. The van der Waals surface area contributed by atoms with Crippen LogP contribution in [0.2, 0.25) is 0 Å². The van der Waals surface area contributed by atoms with E-state index < -0.39 is 0 Å². The van der Waals surface area contributed by atoms with Gasteiger partial charge in [0.1, 0.15) is 0 Å². The molecule has 0 aliphatic heterocycles. The number of carbonyl (C=O) groups excluding carboxylic acids is 1. The third-order valence-corrected chi connectivity index (χ3v) is 2.44. The van der Waals surface area contributed by atoms with E-state index >= 15 is 0 Å². The molecule has 0 bridgehead atoms. The largest absolute Gasteiger partial charge is 0.294 e. The Morgan fingerprint density at radius 3 is 2.36 bits per heavy atom. The Hall–Kier alpha value is 0.0500. The van der Waals surface area contributed by atoms with Crippen molar-refractivity contribution in [2.75, 3.05) is 6.16 Å². The second-order valence-electron chi connectivity index (χ2n) is 2.13. The number of rotatable bonds is 2. The van der Waals surface area contributed by atoms with Crippen LogP contribution in [0.4, 0.5) is 0 Å². The molecule has 0 aromatic heterocycles. The molecule has 0 amide bonds. The summed E-state index contributed by atoms with van der Waals surface area (Å²) in [4.78, 5) is 11.1. The SMILES string of the molecule is O=C(CP)c1ccc(I)cc1. The standard InChI is InChI=1S/C8H8IOP/c9-7-3-1-6(2-4-7)8(10)5-11/h1-4H,5,11H2. The summed E-state index contributed by atoms with van der Waals surface area (Å²) in [6.45, 7) is 0. The van der Waals surface area contributed by atoms with E-state index in [4.69, 9.17) is 0 Å². The van der Waals surface area contributed by atoms with Crippen molar-refractivity contribution in [1.82, 2.24) is 0 Å². The highest BCUT2D eigenvalue weighted by Crippen LogP contribution is 2.07. The molecule has 1 nitrogen and oxygen atoms in total. The molecule has 11 heavy (non-hydrogen) atoms. The first-order valence-corrected chi connectivity index (χ1v) is 5.12. The zero-order valence-corrected chi connectivity index (χ0v) is 9.19. The normalized spacial score (nSPS) is 9.64. The third kappa shape index (κ3) is 2.53. The van der Waals surface area contributed by atoms with E-state index in [0.717, 1.165) is 9.13 Å². The summed E-state index contributed by atoms with van der Waals surface area (Å²) < 4.78 is 1.16. The third-order valence-electron chi connectivity index (χ3n) is 1.35. The predicted molar refractivity (Wildman–Crippen MR) is 58.1 cm³/mol. The summed E-state index contributed by atoms with van der Waals surface area (Å²) in [7, 11) is 2.43. The lowest BCUT2D eigenvalue weighted by Crippen LogP contribution is -1.98. The van der Waals surface area contributed by atoms with Crippen LogP contribution in [0.1, 0.15) is 10.4 Å². The summed E-state index contributed by atoms with van der Waals surface area (Å²) in [6.07, 6.45) is 0.501. The Bertz CT molecular complexity index is 255. The molecule has 58 valence electrons. The second-order valence-corrected chi connectivity index (χ2v) is 3.79. The van der Waals surface area contributed by atoms with Gasteiger partial charge in [0.15, 0.2) is 5.78 Å². The Balaban J connectivity index is 2.90. The van der Waals surface area contributed by atoms with E-state index in [2.05, 4.69) is 31.8 Å². The number of Topliss-reactive ketones (excluding diaryl/α,β-unsaturated/α-hetero) is 1. The van der Waals surface area contributed by atoms with Gasteiger partial charge in [0.2, 0.25) is 0 Å². The minimum absolute atomic E-state index is 0.173. The number of hydrogen-bond donors (Lipinski definition) is 0. The van der Waals surface area contributed by atoms with Crippen LogP contribution in [0, 0.1) is 3.57 Å². The van der Waals surface area contributed by atoms with Gasteiger partial charge in [-0.3, -0.25) is 4.79 Å². The first kappa shape index (κ1) is 9.14. The first-order valence-electron chi connectivity index (χ1n) is 3.23. The van der Waals surface area contributed by atoms with Crippen molar-refractivity contribution in [3.63, 3.8) is 0 Å². The van der Waals surface area contributed by atoms with Gasteiger partial charge in [-0.2, -0.15) is 0 Å². The fourth-order valence-corrected chi connectivity index (χ4v) is 1.35. The highest BCUT2D eigenvalue weighted by molar-refractivity contribution is 14.1. The lowest BCUT2D eigenvalue weighted by Gasteiger charge is -1.95. The van der Waals surface area contributed by atoms with Crippen LogP contribution >= 0.6 is 31.8 Å². The Labute approximate surface area is 81.9 Å². The molecule has 0 aliphatic rings. The maximum Gasteiger partial charge on any atom is 0.166 e. The summed E-state index contributed by atoms with van der Waals surface area (Å²) in [5.41, 5.74) is 0.792. The van der Waals surface area contributed by atoms with Crippen molar-refractivity contribution < 1.29 is 4.79 Å². The number of halogens is 1. The minimum atomic E-state index is 0.173. The fourth-order valence-electron chi connectivity index (χ4n) is 0.754. The molecule has 0 spiro atoms. The van der Waals surface area contributed by atoms with E-state index in [1.165, 1.54) is 0 Å². The zero-order valence-electron chi connectivity index (χ0n) is 5.88. The summed E-state index contributed by atoms with van der Waals surface area (Å²) >= 11 is 2.22. The Kier molecular flexibility index (Phi) is 3.46. The second kappa shape index (κ2) is 4.17. The molecule has 0 heterocycles. The molecule has 1 aromatic rings. The Morgan fingerprint density at radius 2 is 1.91 bits per heavy atom. The van der Waals surface area contributed by atoms with Crippen molar-refractivity contribution in [3.8, 4) is 0 Å². The topological polar surface area (TPSA) is 17.1 Å². The fraction of sp³-hybridized carbons (Fsp3) is 0.125. The van der Waals surface area contributed by atoms with Gasteiger partial charge in [-0.25, -0.2) is 0 Å². The van der Waals surface area contributed by atoms with E-state index in [0.29, 0.717) is 6.16 Å². The van der Waals surface area contributed by atoms with Crippen LogP contribution in [0.25, 0.3) is 0 Å². The van der Waals surface area contributed by atoms with Gasteiger partial charge in [0.05, 0.1) is 0 Å². The van der Waals surface area contributed by atoms with Gasteiger partial charge >= 0.3 is 0 Å². The summed E-state index contributed by atoms with van der Waals surface area (Å²) in [5.74, 6) is 0.173. The van der Waals surface area contributed by atoms with E-state index in [-0.39, 0.29) is 5.78 Å². The van der Waals surface area contributed by atoms with Crippen LogP contribution in [-0.4, -0.2) is 11.9 Å². The molecule has 0 saturated carbocycles. The van der Waals surface area contributed by atoms with Gasteiger partial charge in [0.25, 0.3) is 0 Å². The highest BCUT2D eigenvalue weighted by Gasteiger charge is 2.00. The maximum absolute atomic E-state index is 11.1. The lowest BCUT2D eigenvalue weighted by molar-refractivity contribution is 0.102. The molecule has 0 fully saturated rings. The molecule has 1 aromatic carbocycles. The van der Waals surface area contributed by atoms with E-state index in [1.807, 2.05) is 24.3 Å². The van der Waals surface area contributed by atoms with Crippen molar-refractivity contribution in [2.24, 2.45) is 0 Å². The predicted octanol–water partition coefficient (Wildman–Crippen LogP) is 2.35. The number of hydrogen-bond acceptors (Lipinski definition) is 1. The Morgan fingerprint density at radius 1 is 1.36 bits per heavy atom. The molecular weight excluding hydrogens is 270 g/mol. The molecule has 1 unspecified atom stereocenters. The minimum Gasteiger partial charge on any atom is -0.294 e. The smallest absolute Gasteiger partial charge is 0.166 e. The van der Waals surface area contributed by atoms with Gasteiger partial charge in [-0.1, -0.05) is 12.1 Å². The number of benzene rings is 1. The van der Waals surface area contributed by atoms with Gasteiger partial charge in [-0.05, 0) is 34.7 Å². The van der Waals surface area contributed by atoms with Gasteiger partial charge in [-0.15, -0.1) is 9.24 Å². The average Bonchev–Trinajstić information content (AvgIpc) is 2.05. The lowest BCUT2D eigenvalue weighted by atomic mass is 10.2. The molecule has 0 N–H and O–H groups in total. The van der Waals surface area contributed by atoms with Crippen molar-refractivity contribution in [1.29, 1.82) is 0 Å². The average molecular weight is 278 g/mol. The highest BCUT2D eigenvalue weighted by atomic mass is 127. The molecule has 3 heteroatoms. The van der Waals surface area contributed by atoms with Gasteiger partial charge < -0.3 is 0 Å². The zero-order chi connectivity index (χ0) is 8.27. The van der Waals surface area contributed by atoms with E-state index in [9.17, 15) is 4.79 Å². The van der Waals surface area contributed by atoms with Crippen LogP contribution in [-0.2, 0) is 0 Å². The van der Waals surface area contributed by atoms with E-state index in [1.54, 1.807) is 0 Å². The molecule has 1 rings (SSSR count). The number of carbonyl (C=O) groups is 1. The summed E-state index contributed by atoms with van der Waals surface area (Å²) in [5, 5.41) is 0. The van der Waals surface area contributed by atoms with Crippen molar-refractivity contribution >= 4 is 37.6 Å². The molecule has 0 saturated heterocycles. The number of ketones is 1. The van der Waals surface area contributed by atoms with Crippen LogP contribution < -0.4 is 0 Å². The maximum atomic E-state index is 11.1. The molecule has 0 aliphatic carbocycles. The first-order chi connectivity index (χ1) is 5.24. The monoisotopic (exact) mass is 278 g/mol. The van der Waals surface area contributed by atoms with Crippen LogP contribution in [0.5, 0.6) is 0 Å².